The minimum atomic E-state index is -1.13. The lowest BCUT2D eigenvalue weighted by Crippen LogP contribution is -2.18. The van der Waals surface area contributed by atoms with Gasteiger partial charge in [0.2, 0.25) is 0 Å². The summed E-state index contributed by atoms with van der Waals surface area (Å²) in [4.78, 5) is 27.3. The van der Waals surface area contributed by atoms with E-state index in [4.69, 9.17) is 9.47 Å². The van der Waals surface area contributed by atoms with Gasteiger partial charge in [0.25, 0.3) is 0 Å². The third-order valence-electron chi connectivity index (χ3n) is 4.57. The van der Waals surface area contributed by atoms with E-state index in [9.17, 15) is 14.7 Å². The van der Waals surface area contributed by atoms with Crippen LogP contribution in [0.4, 0.5) is 0 Å². The first-order chi connectivity index (χ1) is 12.8. The van der Waals surface area contributed by atoms with E-state index in [0.717, 1.165) is 17.5 Å². The summed E-state index contributed by atoms with van der Waals surface area (Å²) in [6.45, 7) is 3.69. The van der Waals surface area contributed by atoms with Gasteiger partial charge in [-0.15, -0.1) is 0 Å². The SMILES string of the molecule is COc1cc(-c2cnc3cc(C(C)(C)C=O)ccn23)cc(OC)c1C(=O)O. The number of carbonyl (C=O) groups excluding carboxylic acids is 1. The molecule has 0 saturated carbocycles. The molecule has 0 aliphatic carbocycles. The molecule has 0 spiro atoms. The molecule has 0 radical (unpaired) electrons. The minimum absolute atomic E-state index is 0.0346. The number of benzene rings is 1. The second-order valence-corrected chi connectivity index (χ2v) is 6.69. The van der Waals surface area contributed by atoms with Crippen LogP contribution in [0.3, 0.4) is 0 Å². The third kappa shape index (κ3) is 3.12. The van der Waals surface area contributed by atoms with Gasteiger partial charge < -0.3 is 19.4 Å². The van der Waals surface area contributed by atoms with Crippen LogP contribution in [-0.4, -0.2) is 41.0 Å². The van der Waals surface area contributed by atoms with Crippen molar-refractivity contribution in [1.82, 2.24) is 9.38 Å². The molecule has 27 heavy (non-hydrogen) atoms. The van der Waals surface area contributed by atoms with Crippen LogP contribution in [0.15, 0.2) is 36.7 Å². The Hall–Kier alpha value is -3.35. The molecule has 0 atom stereocenters. The van der Waals surface area contributed by atoms with Crippen LogP contribution in [0, 0.1) is 0 Å². The minimum Gasteiger partial charge on any atom is -0.496 e. The zero-order valence-corrected chi connectivity index (χ0v) is 15.5. The summed E-state index contributed by atoms with van der Waals surface area (Å²) in [5, 5.41) is 9.43. The summed E-state index contributed by atoms with van der Waals surface area (Å²) in [5.74, 6) is -0.731. The van der Waals surface area contributed by atoms with Crippen molar-refractivity contribution in [3.63, 3.8) is 0 Å². The second-order valence-electron chi connectivity index (χ2n) is 6.69. The molecular weight excluding hydrogens is 348 g/mol. The topological polar surface area (TPSA) is 90.1 Å². The fraction of sp³-hybridized carbons (Fsp3) is 0.250. The smallest absolute Gasteiger partial charge is 0.343 e. The number of carboxylic acids is 1. The van der Waals surface area contributed by atoms with Gasteiger partial charge in [0, 0.05) is 17.2 Å². The number of aromatic nitrogens is 2. The highest BCUT2D eigenvalue weighted by Crippen LogP contribution is 2.35. The van der Waals surface area contributed by atoms with Crippen molar-refractivity contribution in [3.8, 4) is 22.8 Å². The molecule has 140 valence electrons. The van der Waals surface area contributed by atoms with E-state index in [1.54, 1.807) is 18.3 Å². The normalized spacial score (nSPS) is 11.4. The fourth-order valence-electron chi connectivity index (χ4n) is 2.93. The number of imidazole rings is 1. The van der Waals surface area contributed by atoms with E-state index in [1.165, 1.54) is 14.2 Å². The first-order valence-electron chi connectivity index (χ1n) is 8.26. The van der Waals surface area contributed by atoms with E-state index in [0.29, 0.717) is 11.2 Å². The molecule has 3 rings (SSSR count). The number of aromatic carboxylic acids is 1. The van der Waals surface area contributed by atoms with Crippen molar-refractivity contribution in [2.45, 2.75) is 19.3 Å². The maximum atomic E-state index is 11.5. The molecule has 0 aliphatic rings. The standard InChI is InChI=1S/C20H20N2O5/c1-20(2,11-23)13-5-6-22-14(10-21-17(22)9-13)12-7-15(26-3)18(19(24)25)16(8-12)27-4/h5-11H,1-4H3,(H,24,25). The molecule has 1 N–H and O–H groups in total. The molecule has 7 heteroatoms. The van der Waals surface area contributed by atoms with Crippen LogP contribution < -0.4 is 9.47 Å². The lowest BCUT2D eigenvalue weighted by Gasteiger charge is -2.17. The average molecular weight is 368 g/mol. The van der Waals surface area contributed by atoms with Crippen molar-refractivity contribution in [3.05, 3.63) is 47.8 Å². The van der Waals surface area contributed by atoms with Gasteiger partial charge in [-0.25, -0.2) is 9.78 Å². The summed E-state index contributed by atoms with van der Waals surface area (Å²) < 4.78 is 12.4. The van der Waals surface area contributed by atoms with Crippen molar-refractivity contribution < 1.29 is 24.2 Å². The summed E-state index contributed by atoms with van der Waals surface area (Å²) in [6.07, 6.45) is 4.42. The number of hydrogen-bond donors (Lipinski definition) is 1. The molecule has 2 heterocycles. The Balaban J connectivity index is 2.18. The van der Waals surface area contributed by atoms with E-state index >= 15 is 0 Å². The van der Waals surface area contributed by atoms with Gasteiger partial charge in [-0.05, 0) is 43.7 Å². The van der Waals surface area contributed by atoms with Gasteiger partial charge in [0.1, 0.15) is 29.0 Å². The fourth-order valence-corrected chi connectivity index (χ4v) is 2.93. The van der Waals surface area contributed by atoms with Crippen molar-refractivity contribution in [2.75, 3.05) is 14.2 Å². The summed E-state index contributed by atoms with van der Waals surface area (Å²) in [6, 6.07) is 7.00. The van der Waals surface area contributed by atoms with Crippen molar-refractivity contribution >= 4 is 17.9 Å². The van der Waals surface area contributed by atoms with Gasteiger partial charge in [-0.3, -0.25) is 4.40 Å². The number of ether oxygens (including phenoxy) is 2. The van der Waals surface area contributed by atoms with Crippen LogP contribution in [-0.2, 0) is 10.2 Å². The highest BCUT2D eigenvalue weighted by atomic mass is 16.5. The molecule has 0 amide bonds. The van der Waals surface area contributed by atoms with Gasteiger partial charge >= 0.3 is 5.97 Å². The maximum Gasteiger partial charge on any atom is 0.343 e. The van der Waals surface area contributed by atoms with Crippen molar-refractivity contribution in [2.24, 2.45) is 0 Å². The lowest BCUT2D eigenvalue weighted by atomic mass is 9.87. The number of hydrogen-bond acceptors (Lipinski definition) is 5. The zero-order valence-electron chi connectivity index (χ0n) is 15.5. The first kappa shape index (κ1) is 18.4. The van der Waals surface area contributed by atoms with Crippen LogP contribution in [0.25, 0.3) is 16.9 Å². The molecule has 2 aromatic heterocycles. The molecule has 0 saturated heterocycles. The Morgan fingerprint density at radius 1 is 1.19 bits per heavy atom. The molecule has 7 nitrogen and oxygen atoms in total. The molecule has 0 fully saturated rings. The van der Waals surface area contributed by atoms with Crippen LogP contribution in [0.5, 0.6) is 11.5 Å². The Morgan fingerprint density at radius 2 is 1.81 bits per heavy atom. The molecule has 3 aromatic rings. The Bertz CT molecular complexity index is 1010. The van der Waals surface area contributed by atoms with Crippen molar-refractivity contribution in [1.29, 1.82) is 0 Å². The highest BCUT2D eigenvalue weighted by molar-refractivity contribution is 5.95. The number of rotatable bonds is 6. The van der Waals surface area contributed by atoms with Crippen LogP contribution in [0.1, 0.15) is 29.8 Å². The molecular formula is C20H20N2O5. The van der Waals surface area contributed by atoms with Crippen LogP contribution >= 0.6 is 0 Å². The van der Waals surface area contributed by atoms with E-state index < -0.39 is 11.4 Å². The molecule has 0 bridgehead atoms. The first-order valence-corrected chi connectivity index (χ1v) is 8.26. The Morgan fingerprint density at radius 3 is 2.33 bits per heavy atom. The average Bonchev–Trinajstić information content (AvgIpc) is 3.09. The predicted molar refractivity (Wildman–Crippen MR) is 99.8 cm³/mol. The van der Waals surface area contributed by atoms with Crippen LogP contribution in [0.2, 0.25) is 0 Å². The number of aldehydes is 1. The van der Waals surface area contributed by atoms with E-state index in [-0.39, 0.29) is 17.1 Å². The Kier molecular flexibility index (Phi) is 4.61. The van der Waals surface area contributed by atoms with E-state index in [2.05, 4.69) is 4.98 Å². The second kappa shape index (κ2) is 6.75. The summed E-state index contributed by atoms with van der Waals surface area (Å²) >= 11 is 0. The molecule has 0 unspecified atom stereocenters. The molecule has 0 aliphatic heterocycles. The summed E-state index contributed by atoms with van der Waals surface area (Å²) in [7, 11) is 2.82. The number of methoxy groups -OCH3 is 2. The largest absolute Gasteiger partial charge is 0.496 e. The summed E-state index contributed by atoms with van der Waals surface area (Å²) in [5.41, 5.74) is 2.34. The van der Waals surface area contributed by atoms with E-state index in [1.807, 2.05) is 36.6 Å². The quantitative estimate of drug-likeness (QED) is 0.672. The van der Waals surface area contributed by atoms with Gasteiger partial charge in [0.05, 0.1) is 26.1 Å². The number of pyridine rings is 1. The maximum absolute atomic E-state index is 11.5. The van der Waals surface area contributed by atoms with Gasteiger partial charge in [0.15, 0.2) is 0 Å². The van der Waals surface area contributed by atoms with Gasteiger partial charge in [-0.1, -0.05) is 0 Å². The lowest BCUT2D eigenvalue weighted by molar-refractivity contribution is -0.111. The predicted octanol–water partition coefficient (Wildman–Crippen LogP) is 3.19. The number of carbonyl (C=O) groups is 2. The number of fused-ring (bicyclic) bond motifs is 1. The highest BCUT2D eigenvalue weighted by Gasteiger charge is 2.22. The number of carboxylic acid groups (broad SMARTS) is 1. The monoisotopic (exact) mass is 368 g/mol. The third-order valence-corrected chi connectivity index (χ3v) is 4.57. The van der Waals surface area contributed by atoms with Gasteiger partial charge in [-0.2, -0.15) is 0 Å². The molecule has 1 aromatic carbocycles. The Labute approximate surface area is 156 Å². The zero-order chi connectivity index (χ0) is 19.8. The number of nitrogens with zero attached hydrogens (tertiary/aromatic N) is 2.